The SMILES string of the molecule is COc1ccc(CCNC(=O)Cn2c(Cc3ccc(Cl)c(Cl)c3)nc3ccccc32)cc1OC. The Morgan fingerprint density at radius 1 is 0.941 bits per heavy atom. The number of methoxy groups -OCH3 is 2. The number of carbonyl (C=O) groups excluding carboxylic acids is 1. The number of para-hydroxylation sites is 2. The van der Waals surface area contributed by atoms with E-state index in [0.717, 1.165) is 28.0 Å². The molecule has 0 spiro atoms. The number of nitrogens with zero attached hydrogens (tertiary/aromatic N) is 2. The summed E-state index contributed by atoms with van der Waals surface area (Å²) < 4.78 is 12.6. The van der Waals surface area contributed by atoms with Gasteiger partial charge in [-0.05, 0) is 53.9 Å². The number of hydrogen-bond donors (Lipinski definition) is 1. The molecule has 0 aliphatic heterocycles. The molecule has 0 radical (unpaired) electrons. The van der Waals surface area contributed by atoms with Gasteiger partial charge >= 0.3 is 0 Å². The van der Waals surface area contributed by atoms with Crippen molar-refractivity contribution in [2.24, 2.45) is 0 Å². The second kappa shape index (κ2) is 10.8. The first kappa shape index (κ1) is 23.9. The predicted octanol–water partition coefficient (Wildman–Crippen LogP) is 5.31. The number of nitrogens with one attached hydrogen (secondary N) is 1. The Labute approximate surface area is 208 Å². The summed E-state index contributed by atoms with van der Waals surface area (Å²) in [5.74, 6) is 2.05. The molecule has 1 heterocycles. The van der Waals surface area contributed by atoms with Gasteiger partial charge in [0.2, 0.25) is 5.91 Å². The average molecular weight is 498 g/mol. The van der Waals surface area contributed by atoms with E-state index in [1.165, 1.54) is 0 Å². The monoisotopic (exact) mass is 497 g/mol. The van der Waals surface area contributed by atoms with E-state index >= 15 is 0 Å². The van der Waals surface area contributed by atoms with Crippen LogP contribution in [0.2, 0.25) is 10.0 Å². The zero-order valence-corrected chi connectivity index (χ0v) is 20.5. The van der Waals surface area contributed by atoms with E-state index in [-0.39, 0.29) is 12.5 Å². The van der Waals surface area contributed by atoms with Crippen molar-refractivity contribution in [3.05, 3.63) is 87.7 Å². The van der Waals surface area contributed by atoms with Crippen molar-refractivity contribution in [1.29, 1.82) is 0 Å². The molecule has 0 unspecified atom stereocenters. The van der Waals surface area contributed by atoms with Crippen LogP contribution in [0.1, 0.15) is 17.0 Å². The third-order valence-electron chi connectivity index (χ3n) is 5.57. The molecule has 1 aromatic heterocycles. The lowest BCUT2D eigenvalue weighted by atomic mass is 10.1. The third kappa shape index (κ3) is 5.46. The Morgan fingerprint density at radius 2 is 1.71 bits per heavy atom. The van der Waals surface area contributed by atoms with Crippen molar-refractivity contribution in [3.63, 3.8) is 0 Å². The number of ether oxygens (including phenoxy) is 2. The normalized spacial score (nSPS) is 10.9. The summed E-state index contributed by atoms with van der Waals surface area (Å²) in [5, 5.41) is 4.01. The Hall–Kier alpha value is -3.22. The number of fused-ring (bicyclic) bond motifs is 1. The van der Waals surface area contributed by atoms with Gasteiger partial charge in [-0.15, -0.1) is 0 Å². The van der Waals surface area contributed by atoms with Crippen LogP contribution in [0.3, 0.4) is 0 Å². The summed E-state index contributed by atoms with van der Waals surface area (Å²) >= 11 is 12.2. The lowest BCUT2D eigenvalue weighted by molar-refractivity contribution is -0.121. The van der Waals surface area contributed by atoms with Crippen molar-refractivity contribution in [2.75, 3.05) is 20.8 Å². The number of hydrogen-bond acceptors (Lipinski definition) is 4. The topological polar surface area (TPSA) is 65.4 Å². The number of aromatic nitrogens is 2. The molecule has 34 heavy (non-hydrogen) atoms. The first-order valence-electron chi connectivity index (χ1n) is 10.8. The Balaban J connectivity index is 1.46. The van der Waals surface area contributed by atoms with Gasteiger partial charge in [0.25, 0.3) is 0 Å². The minimum absolute atomic E-state index is 0.0842. The maximum absolute atomic E-state index is 12.8. The van der Waals surface area contributed by atoms with Crippen molar-refractivity contribution >= 4 is 40.1 Å². The van der Waals surface area contributed by atoms with Gasteiger partial charge in [0.1, 0.15) is 12.4 Å². The molecule has 176 valence electrons. The standard InChI is InChI=1S/C26H25Cl2N3O3/c1-33-23-10-8-17(14-24(23)34-2)11-12-29-26(32)16-31-22-6-4-3-5-21(22)30-25(31)15-18-7-9-19(27)20(28)13-18/h3-10,13-14H,11-12,15-16H2,1-2H3,(H,29,32). The lowest BCUT2D eigenvalue weighted by Crippen LogP contribution is -2.30. The van der Waals surface area contributed by atoms with Crippen LogP contribution in [0.25, 0.3) is 11.0 Å². The van der Waals surface area contributed by atoms with Gasteiger partial charge in [0.05, 0.1) is 35.3 Å². The van der Waals surface area contributed by atoms with E-state index in [2.05, 4.69) is 5.32 Å². The summed E-state index contributed by atoms with van der Waals surface area (Å²) in [6.07, 6.45) is 1.21. The summed E-state index contributed by atoms with van der Waals surface area (Å²) in [6, 6.07) is 19.1. The largest absolute Gasteiger partial charge is 0.493 e. The zero-order chi connectivity index (χ0) is 24.1. The summed E-state index contributed by atoms with van der Waals surface area (Å²) in [5.41, 5.74) is 3.77. The zero-order valence-electron chi connectivity index (χ0n) is 19.0. The number of benzene rings is 3. The number of halogens is 2. The molecular formula is C26H25Cl2N3O3. The molecule has 0 atom stereocenters. The van der Waals surface area contributed by atoms with Crippen LogP contribution in [0.5, 0.6) is 11.5 Å². The molecule has 0 aliphatic carbocycles. The molecule has 8 heteroatoms. The Morgan fingerprint density at radius 3 is 2.47 bits per heavy atom. The second-order valence-electron chi connectivity index (χ2n) is 7.82. The molecule has 4 aromatic rings. The summed E-state index contributed by atoms with van der Waals surface area (Å²) in [6.45, 7) is 0.673. The minimum Gasteiger partial charge on any atom is -0.493 e. The van der Waals surface area contributed by atoms with Crippen molar-refractivity contribution in [3.8, 4) is 11.5 Å². The number of rotatable bonds is 9. The Kier molecular flexibility index (Phi) is 7.60. The van der Waals surface area contributed by atoms with Crippen LogP contribution < -0.4 is 14.8 Å². The quantitative estimate of drug-likeness (QED) is 0.340. The first-order chi connectivity index (χ1) is 16.5. The van der Waals surface area contributed by atoms with Gasteiger partial charge in [-0.3, -0.25) is 4.79 Å². The highest BCUT2D eigenvalue weighted by Crippen LogP contribution is 2.28. The molecule has 0 saturated carbocycles. The molecule has 3 aromatic carbocycles. The fourth-order valence-electron chi connectivity index (χ4n) is 3.85. The number of amides is 1. The van der Waals surface area contributed by atoms with E-state index in [0.29, 0.717) is 40.9 Å². The number of carbonyl (C=O) groups is 1. The second-order valence-corrected chi connectivity index (χ2v) is 8.63. The molecule has 4 rings (SSSR count). The van der Waals surface area contributed by atoms with E-state index in [1.54, 1.807) is 20.3 Å². The maximum Gasteiger partial charge on any atom is 0.240 e. The van der Waals surface area contributed by atoms with Crippen LogP contribution in [-0.4, -0.2) is 36.2 Å². The molecule has 1 amide bonds. The molecule has 0 fully saturated rings. The summed E-state index contributed by atoms with van der Waals surface area (Å²) in [7, 11) is 3.21. The van der Waals surface area contributed by atoms with Gasteiger partial charge in [-0.2, -0.15) is 0 Å². The molecule has 0 aliphatic rings. The van der Waals surface area contributed by atoms with Crippen LogP contribution >= 0.6 is 23.2 Å². The lowest BCUT2D eigenvalue weighted by Gasteiger charge is -2.12. The van der Waals surface area contributed by atoms with Crippen molar-refractivity contribution in [1.82, 2.24) is 14.9 Å². The highest BCUT2D eigenvalue weighted by atomic mass is 35.5. The van der Waals surface area contributed by atoms with Gasteiger partial charge < -0.3 is 19.4 Å². The van der Waals surface area contributed by atoms with Crippen LogP contribution in [0.15, 0.2) is 60.7 Å². The van der Waals surface area contributed by atoms with E-state index in [4.69, 9.17) is 37.7 Å². The molecule has 0 bridgehead atoms. The van der Waals surface area contributed by atoms with Gasteiger partial charge in [-0.25, -0.2) is 4.98 Å². The van der Waals surface area contributed by atoms with E-state index in [1.807, 2.05) is 59.2 Å². The first-order valence-corrected chi connectivity index (χ1v) is 11.6. The fourth-order valence-corrected chi connectivity index (χ4v) is 4.17. The van der Waals surface area contributed by atoms with Gasteiger partial charge in [-0.1, -0.05) is 47.5 Å². The molecule has 6 nitrogen and oxygen atoms in total. The van der Waals surface area contributed by atoms with Crippen molar-refractivity contribution < 1.29 is 14.3 Å². The molecular weight excluding hydrogens is 473 g/mol. The highest BCUT2D eigenvalue weighted by Gasteiger charge is 2.15. The smallest absolute Gasteiger partial charge is 0.240 e. The van der Waals surface area contributed by atoms with Crippen LogP contribution in [0.4, 0.5) is 0 Å². The third-order valence-corrected chi connectivity index (χ3v) is 6.30. The van der Waals surface area contributed by atoms with Gasteiger partial charge in [0.15, 0.2) is 11.5 Å². The highest BCUT2D eigenvalue weighted by molar-refractivity contribution is 6.42. The summed E-state index contributed by atoms with van der Waals surface area (Å²) in [4.78, 5) is 17.6. The fraction of sp³-hybridized carbons (Fsp3) is 0.231. The van der Waals surface area contributed by atoms with E-state index < -0.39 is 0 Å². The maximum atomic E-state index is 12.8. The number of imidazole rings is 1. The molecule has 0 saturated heterocycles. The van der Waals surface area contributed by atoms with Gasteiger partial charge in [0, 0.05) is 13.0 Å². The molecule has 1 N–H and O–H groups in total. The average Bonchev–Trinajstić information content (AvgIpc) is 3.18. The van der Waals surface area contributed by atoms with E-state index in [9.17, 15) is 4.79 Å². The minimum atomic E-state index is -0.0842. The van der Waals surface area contributed by atoms with Crippen LogP contribution in [-0.2, 0) is 24.2 Å². The van der Waals surface area contributed by atoms with Crippen molar-refractivity contribution in [2.45, 2.75) is 19.4 Å². The predicted molar refractivity (Wildman–Crippen MR) is 135 cm³/mol. The Bertz CT molecular complexity index is 1320. The van der Waals surface area contributed by atoms with Crippen LogP contribution in [0, 0.1) is 0 Å².